The van der Waals surface area contributed by atoms with E-state index in [2.05, 4.69) is 15.4 Å². The Balaban J connectivity index is 1.44. The SMILES string of the molecule is Cc1ccc(C(=O)N2CCc3c(c(CCNC(=O)c4ccncc4)nn3C)C2)cc1C. The van der Waals surface area contributed by atoms with Crippen LogP contribution in [0.5, 0.6) is 0 Å². The zero-order valence-corrected chi connectivity index (χ0v) is 18.2. The van der Waals surface area contributed by atoms with Gasteiger partial charge in [0.25, 0.3) is 11.8 Å². The van der Waals surface area contributed by atoms with E-state index in [4.69, 9.17) is 0 Å². The Morgan fingerprint density at radius 2 is 1.84 bits per heavy atom. The minimum absolute atomic E-state index is 0.0505. The number of carbonyl (C=O) groups is 2. The summed E-state index contributed by atoms with van der Waals surface area (Å²) in [6.45, 7) is 5.78. The van der Waals surface area contributed by atoms with Crippen molar-refractivity contribution in [3.05, 3.63) is 81.9 Å². The zero-order chi connectivity index (χ0) is 22.0. The van der Waals surface area contributed by atoms with E-state index in [0.29, 0.717) is 31.6 Å². The molecule has 2 amide bonds. The predicted octanol–water partition coefficient (Wildman–Crippen LogP) is 2.60. The van der Waals surface area contributed by atoms with Gasteiger partial charge < -0.3 is 10.2 Å². The summed E-state index contributed by atoms with van der Waals surface area (Å²) in [5.41, 5.74) is 6.81. The van der Waals surface area contributed by atoms with Crippen LogP contribution < -0.4 is 5.32 Å². The van der Waals surface area contributed by atoms with Gasteiger partial charge >= 0.3 is 0 Å². The van der Waals surface area contributed by atoms with Crippen LogP contribution in [0.2, 0.25) is 0 Å². The number of hydrogen-bond acceptors (Lipinski definition) is 4. The fourth-order valence-corrected chi connectivity index (χ4v) is 4.00. The minimum Gasteiger partial charge on any atom is -0.352 e. The Labute approximate surface area is 182 Å². The molecule has 0 saturated heterocycles. The predicted molar refractivity (Wildman–Crippen MR) is 118 cm³/mol. The lowest BCUT2D eigenvalue weighted by Gasteiger charge is -2.28. The van der Waals surface area contributed by atoms with E-state index in [1.807, 2.05) is 48.7 Å². The lowest BCUT2D eigenvalue weighted by atomic mass is 10.0. The molecule has 1 aromatic carbocycles. The van der Waals surface area contributed by atoms with Crippen LogP contribution in [0.1, 0.15) is 48.8 Å². The van der Waals surface area contributed by atoms with Crippen LogP contribution in [0.4, 0.5) is 0 Å². The summed E-state index contributed by atoms with van der Waals surface area (Å²) in [6, 6.07) is 9.24. The molecule has 0 spiro atoms. The molecule has 0 aliphatic carbocycles. The third-order valence-electron chi connectivity index (χ3n) is 5.96. The Bertz CT molecular complexity index is 1120. The van der Waals surface area contributed by atoms with E-state index in [1.165, 1.54) is 11.3 Å². The van der Waals surface area contributed by atoms with Gasteiger partial charge in [-0.3, -0.25) is 19.3 Å². The molecule has 7 heteroatoms. The Kier molecular flexibility index (Phi) is 5.84. The van der Waals surface area contributed by atoms with E-state index in [0.717, 1.165) is 28.8 Å². The molecule has 7 nitrogen and oxygen atoms in total. The van der Waals surface area contributed by atoms with Gasteiger partial charge in [0, 0.05) is 74.3 Å². The summed E-state index contributed by atoms with van der Waals surface area (Å²) < 4.78 is 1.91. The Morgan fingerprint density at radius 1 is 1.06 bits per heavy atom. The molecular weight excluding hydrogens is 390 g/mol. The van der Waals surface area contributed by atoms with Crippen molar-refractivity contribution in [1.29, 1.82) is 0 Å². The topological polar surface area (TPSA) is 80.1 Å². The largest absolute Gasteiger partial charge is 0.352 e. The van der Waals surface area contributed by atoms with Gasteiger partial charge in [0.15, 0.2) is 0 Å². The minimum atomic E-state index is -0.126. The highest BCUT2D eigenvalue weighted by molar-refractivity contribution is 5.95. The highest BCUT2D eigenvalue weighted by atomic mass is 16.2. The molecule has 4 rings (SSSR count). The molecular formula is C24H27N5O2. The van der Waals surface area contributed by atoms with E-state index >= 15 is 0 Å². The van der Waals surface area contributed by atoms with Gasteiger partial charge in [-0.15, -0.1) is 0 Å². The molecule has 1 aliphatic heterocycles. The first kappa shape index (κ1) is 20.8. The first-order valence-corrected chi connectivity index (χ1v) is 10.5. The number of nitrogens with zero attached hydrogens (tertiary/aromatic N) is 4. The van der Waals surface area contributed by atoms with Gasteiger partial charge in [-0.2, -0.15) is 5.10 Å². The molecule has 3 aromatic rings. The third-order valence-corrected chi connectivity index (χ3v) is 5.96. The number of fused-ring (bicyclic) bond motifs is 1. The maximum atomic E-state index is 13.1. The highest BCUT2D eigenvalue weighted by Gasteiger charge is 2.27. The number of rotatable bonds is 5. The number of aryl methyl sites for hydroxylation is 3. The zero-order valence-electron chi connectivity index (χ0n) is 18.2. The molecule has 0 fully saturated rings. The van der Waals surface area contributed by atoms with Gasteiger partial charge in [-0.1, -0.05) is 6.07 Å². The number of benzene rings is 1. The molecule has 0 unspecified atom stereocenters. The van der Waals surface area contributed by atoms with Gasteiger partial charge in [0.05, 0.1) is 5.69 Å². The van der Waals surface area contributed by atoms with E-state index in [9.17, 15) is 9.59 Å². The van der Waals surface area contributed by atoms with Crippen molar-refractivity contribution in [2.45, 2.75) is 33.2 Å². The summed E-state index contributed by atoms with van der Waals surface area (Å²) in [5.74, 6) is -0.0757. The van der Waals surface area contributed by atoms with Crippen LogP contribution in [-0.4, -0.2) is 44.6 Å². The third kappa shape index (κ3) is 4.35. The number of carbonyl (C=O) groups excluding carboxylic acids is 2. The Morgan fingerprint density at radius 3 is 2.58 bits per heavy atom. The van der Waals surface area contributed by atoms with Crippen LogP contribution in [0.15, 0.2) is 42.7 Å². The van der Waals surface area contributed by atoms with Crippen molar-refractivity contribution in [2.75, 3.05) is 13.1 Å². The quantitative estimate of drug-likeness (QED) is 0.692. The molecule has 2 aromatic heterocycles. The van der Waals surface area contributed by atoms with Crippen molar-refractivity contribution >= 4 is 11.8 Å². The molecule has 31 heavy (non-hydrogen) atoms. The normalized spacial score (nSPS) is 13.1. The summed E-state index contributed by atoms with van der Waals surface area (Å²) in [7, 11) is 1.94. The van der Waals surface area contributed by atoms with E-state index in [-0.39, 0.29) is 11.8 Å². The molecule has 3 heterocycles. The fourth-order valence-electron chi connectivity index (χ4n) is 4.00. The first-order chi connectivity index (χ1) is 14.9. The fraction of sp³-hybridized carbons (Fsp3) is 0.333. The lowest BCUT2D eigenvalue weighted by Crippen LogP contribution is -2.36. The maximum Gasteiger partial charge on any atom is 0.254 e. The van der Waals surface area contributed by atoms with Gasteiger partial charge in [-0.05, 0) is 49.2 Å². The summed E-state index contributed by atoms with van der Waals surface area (Å²) in [5, 5.41) is 7.61. The van der Waals surface area contributed by atoms with Crippen molar-refractivity contribution in [3.8, 4) is 0 Å². The van der Waals surface area contributed by atoms with Crippen LogP contribution in [0.3, 0.4) is 0 Å². The second-order valence-corrected chi connectivity index (χ2v) is 8.01. The van der Waals surface area contributed by atoms with Crippen molar-refractivity contribution < 1.29 is 9.59 Å². The lowest BCUT2D eigenvalue weighted by molar-refractivity contribution is 0.0733. The smallest absolute Gasteiger partial charge is 0.254 e. The molecule has 1 N–H and O–H groups in total. The number of pyridine rings is 1. The van der Waals surface area contributed by atoms with Crippen molar-refractivity contribution in [3.63, 3.8) is 0 Å². The number of amides is 2. The highest BCUT2D eigenvalue weighted by Crippen LogP contribution is 2.24. The van der Waals surface area contributed by atoms with Gasteiger partial charge in [-0.25, -0.2) is 0 Å². The maximum absolute atomic E-state index is 13.1. The standard InChI is InChI=1S/C24H27N5O2/c1-16-4-5-19(14-17(16)2)24(31)29-13-9-22-20(15-29)21(27-28(22)3)8-12-26-23(30)18-6-10-25-11-7-18/h4-7,10-11,14H,8-9,12-13,15H2,1-3H3,(H,26,30). The summed E-state index contributed by atoms with van der Waals surface area (Å²) in [6.07, 6.45) is 4.60. The summed E-state index contributed by atoms with van der Waals surface area (Å²) in [4.78, 5) is 31.2. The molecule has 0 radical (unpaired) electrons. The first-order valence-electron chi connectivity index (χ1n) is 10.5. The van der Waals surface area contributed by atoms with Crippen LogP contribution in [0, 0.1) is 13.8 Å². The second-order valence-electron chi connectivity index (χ2n) is 8.01. The van der Waals surface area contributed by atoms with Crippen molar-refractivity contribution in [1.82, 2.24) is 25.0 Å². The van der Waals surface area contributed by atoms with Gasteiger partial charge in [0.2, 0.25) is 0 Å². The molecule has 0 atom stereocenters. The van der Waals surface area contributed by atoms with Crippen LogP contribution >= 0.6 is 0 Å². The van der Waals surface area contributed by atoms with E-state index < -0.39 is 0 Å². The molecule has 160 valence electrons. The molecule has 0 saturated carbocycles. The second kappa shape index (κ2) is 8.71. The van der Waals surface area contributed by atoms with Gasteiger partial charge in [0.1, 0.15) is 0 Å². The number of aromatic nitrogens is 3. The average Bonchev–Trinajstić information content (AvgIpc) is 3.10. The molecule has 1 aliphatic rings. The average molecular weight is 418 g/mol. The molecule has 0 bridgehead atoms. The monoisotopic (exact) mass is 417 g/mol. The van der Waals surface area contributed by atoms with Crippen LogP contribution in [-0.2, 0) is 26.4 Å². The van der Waals surface area contributed by atoms with Crippen LogP contribution in [0.25, 0.3) is 0 Å². The van der Waals surface area contributed by atoms with E-state index in [1.54, 1.807) is 24.5 Å². The Hall–Kier alpha value is -3.48. The van der Waals surface area contributed by atoms with Crippen molar-refractivity contribution in [2.24, 2.45) is 7.05 Å². The number of hydrogen-bond donors (Lipinski definition) is 1. The summed E-state index contributed by atoms with van der Waals surface area (Å²) >= 11 is 0. The number of nitrogens with one attached hydrogen (secondary N) is 1.